The second kappa shape index (κ2) is 4.63. The molecule has 0 aliphatic carbocycles. The summed E-state index contributed by atoms with van der Waals surface area (Å²) in [6.07, 6.45) is -4.72. The van der Waals surface area contributed by atoms with Gasteiger partial charge in [-0.2, -0.15) is 13.2 Å². The van der Waals surface area contributed by atoms with Gasteiger partial charge in [-0.15, -0.1) is 0 Å². The lowest BCUT2D eigenvalue weighted by Crippen LogP contribution is -2.15. The van der Waals surface area contributed by atoms with Crippen LogP contribution in [0.3, 0.4) is 0 Å². The Labute approximate surface area is 102 Å². The van der Waals surface area contributed by atoms with Gasteiger partial charge < -0.3 is 4.74 Å². The minimum atomic E-state index is -4.72. The monoisotopic (exact) mass is 316 g/mol. The highest BCUT2D eigenvalue weighted by Gasteiger charge is 2.38. The van der Waals surface area contributed by atoms with Crippen LogP contribution in [0.5, 0.6) is 0 Å². The van der Waals surface area contributed by atoms with Crippen molar-refractivity contribution in [1.29, 1.82) is 0 Å². The van der Waals surface area contributed by atoms with Crippen LogP contribution in [0.25, 0.3) is 0 Å². The molecular weight excluding hydrogens is 312 g/mol. The molecule has 0 saturated carbocycles. The van der Waals surface area contributed by atoms with E-state index in [1.54, 1.807) is 0 Å². The van der Waals surface area contributed by atoms with Crippen molar-refractivity contribution in [3.05, 3.63) is 32.8 Å². The van der Waals surface area contributed by atoms with E-state index in [1.807, 2.05) is 0 Å². The minimum Gasteiger partial charge on any atom is -0.465 e. The highest BCUT2D eigenvalue weighted by molar-refractivity contribution is 9.10. The lowest BCUT2D eigenvalue weighted by molar-refractivity contribution is -0.138. The van der Waals surface area contributed by atoms with Crippen molar-refractivity contribution in [2.24, 2.45) is 0 Å². The summed E-state index contributed by atoms with van der Waals surface area (Å²) in [4.78, 5) is 11.1. The van der Waals surface area contributed by atoms with E-state index in [0.717, 1.165) is 13.2 Å². The zero-order chi connectivity index (χ0) is 12.5. The lowest BCUT2D eigenvalue weighted by Gasteiger charge is -2.13. The zero-order valence-electron chi connectivity index (χ0n) is 7.86. The lowest BCUT2D eigenvalue weighted by atomic mass is 10.1. The SMILES string of the molecule is COC(=O)c1ccc(Br)c(Cl)c1C(F)(F)F. The Balaban J connectivity index is 3.52. The molecule has 0 aliphatic rings. The van der Waals surface area contributed by atoms with Gasteiger partial charge in [0, 0.05) is 4.47 Å². The first kappa shape index (κ1) is 13.3. The van der Waals surface area contributed by atoms with Gasteiger partial charge in [0.1, 0.15) is 0 Å². The van der Waals surface area contributed by atoms with E-state index in [4.69, 9.17) is 11.6 Å². The van der Waals surface area contributed by atoms with E-state index in [1.165, 1.54) is 6.07 Å². The summed E-state index contributed by atoms with van der Waals surface area (Å²) < 4.78 is 42.3. The molecule has 0 aliphatic heterocycles. The van der Waals surface area contributed by atoms with Gasteiger partial charge in [0.15, 0.2) is 0 Å². The van der Waals surface area contributed by atoms with Crippen molar-refractivity contribution in [2.45, 2.75) is 6.18 Å². The average Bonchev–Trinajstić information content (AvgIpc) is 2.18. The Hall–Kier alpha value is -0.750. The van der Waals surface area contributed by atoms with Crippen molar-refractivity contribution in [2.75, 3.05) is 7.11 Å². The van der Waals surface area contributed by atoms with E-state index >= 15 is 0 Å². The van der Waals surface area contributed by atoms with Crippen molar-refractivity contribution in [3.63, 3.8) is 0 Å². The normalized spacial score (nSPS) is 11.4. The molecular formula is C9H5BrClF3O2. The molecule has 0 spiro atoms. The van der Waals surface area contributed by atoms with E-state index in [0.29, 0.717) is 0 Å². The molecule has 1 aromatic carbocycles. The van der Waals surface area contributed by atoms with Crippen molar-refractivity contribution in [3.8, 4) is 0 Å². The predicted octanol–water partition coefficient (Wildman–Crippen LogP) is 3.91. The summed E-state index contributed by atoms with van der Waals surface area (Å²) >= 11 is 8.37. The van der Waals surface area contributed by atoms with E-state index < -0.39 is 28.3 Å². The highest BCUT2D eigenvalue weighted by Crippen LogP contribution is 2.40. The predicted molar refractivity (Wildman–Crippen MR) is 55.5 cm³/mol. The maximum atomic E-state index is 12.7. The fourth-order valence-corrected chi connectivity index (χ4v) is 1.71. The third-order valence-electron chi connectivity index (χ3n) is 1.78. The third-order valence-corrected chi connectivity index (χ3v) is 3.07. The van der Waals surface area contributed by atoms with Crippen LogP contribution in [-0.2, 0) is 10.9 Å². The molecule has 1 rings (SSSR count). The first-order valence-electron chi connectivity index (χ1n) is 3.92. The summed E-state index contributed by atoms with van der Waals surface area (Å²) in [5.74, 6) is -1.08. The highest BCUT2D eigenvalue weighted by atomic mass is 79.9. The number of carbonyl (C=O) groups excluding carboxylic acids is 1. The molecule has 0 radical (unpaired) electrons. The van der Waals surface area contributed by atoms with Gasteiger partial charge >= 0.3 is 12.1 Å². The number of ether oxygens (including phenoxy) is 1. The number of alkyl halides is 3. The number of rotatable bonds is 1. The van der Waals surface area contributed by atoms with Crippen molar-refractivity contribution in [1.82, 2.24) is 0 Å². The quantitative estimate of drug-likeness (QED) is 0.734. The first-order chi connectivity index (χ1) is 7.29. The van der Waals surface area contributed by atoms with Crippen LogP contribution >= 0.6 is 27.5 Å². The zero-order valence-corrected chi connectivity index (χ0v) is 10.2. The number of methoxy groups -OCH3 is 1. The summed E-state index contributed by atoms with van der Waals surface area (Å²) in [6.45, 7) is 0. The van der Waals surface area contributed by atoms with Gasteiger partial charge in [-0.1, -0.05) is 11.6 Å². The molecule has 0 unspecified atom stereocenters. The summed E-state index contributed by atoms with van der Waals surface area (Å²) in [5, 5.41) is -0.560. The molecule has 0 heterocycles. The molecule has 0 fully saturated rings. The standard InChI is InChI=1S/C9H5BrClF3O2/c1-16-8(15)4-2-3-5(10)7(11)6(4)9(12,13)14/h2-3H,1H3. The van der Waals surface area contributed by atoms with Gasteiger partial charge in [-0.3, -0.25) is 0 Å². The maximum Gasteiger partial charge on any atom is 0.418 e. The van der Waals surface area contributed by atoms with Gasteiger partial charge in [0.2, 0.25) is 0 Å². The molecule has 0 saturated heterocycles. The maximum absolute atomic E-state index is 12.7. The van der Waals surface area contributed by atoms with E-state index in [-0.39, 0.29) is 4.47 Å². The van der Waals surface area contributed by atoms with E-state index in [2.05, 4.69) is 20.7 Å². The van der Waals surface area contributed by atoms with Crippen LogP contribution in [0.4, 0.5) is 13.2 Å². The number of hydrogen-bond donors (Lipinski definition) is 0. The van der Waals surface area contributed by atoms with Crippen molar-refractivity contribution >= 4 is 33.5 Å². The second-order valence-corrected chi connectivity index (χ2v) is 4.01. The Morgan fingerprint density at radius 1 is 1.44 bits per heavy atom. The summed E-state index contributed by atoms with van der Waals surface area (Å²) in [6, 6.07) is 2.26. The minimum absolute atomic E-state index is 0.0640. The van der Waals surface area contributed by atoms with Crippen LogP contribution in [0.15, 0.2) is 16.6 Å². The molecule has 16 heavy (non-hydrogen) atoms. The molecule has 2 nitrogen and oxygen atoms in total. The van der Waals surface area contributed by atoms with Crippen LogP contribution in [0.1, 0.15) is 15.9 Å². The average molecular weight is 317 g/mol. The fraction of sp³-hybridized carbons (Fsp3) is 0.222. The first-order valence-corrected chi connectivity index (χ1v) is 5.09. The number of carbonyl (C=O) groups is 1. The Morgan fingerprint density at radius 2 is 2.00 bits per heavy atom. The van der Waals surface area contributed by atoms with Gasteiger partial charge in [-0.05, 0) is 28.1 Å². The number of esters is 1. The van der Waals surface area contributed by atoms with Crippen LogP contribution in [0.2, 0.25) is 5.02 Å². The Kier molecular flexibility index (Phi) is 3.85. The second-order valence-electron chi connectivity index (χ2n) is 2.77. The van der Waals surface area contributed by atoms with Crippen molar-refractivity contribution < 1.29 is 22.7 Å². The topological polar surface area (TPSA) is 26.3 Å². The molecule has 0 atom stereocenters. The molecule has 0 N–H and O–H groups in total. The fourth-order valence-electron chi connectivity index (χ4n) is 1.11. The largest absolute Gasteiger partial charge is 0.465 e. The molecule has 0 bridgehead atoms. The van der Waals surface area contributed by atoms with E-state index in [9.17, 15) is 18.0 Å². The number of hydrogen-bond acceptors (Lipinski definition) is 2. The molecule has 88 valence electrons. The van der Waals surface area contributed by atoms with Crippen LogP contribution in [0, 0.1) is 0 Å². The Morgan fingerprint density at radius 3 is 2.44 bits per heavy atom. The summed E-state index contributed by atoms with van der Waals surface area (Å²) in [7, 11) is 0.998. The molecule has 7 heteroatoms. The Bertz CT molecular complexity index is 431. The third kappa shape index (κ3) is 2.49. The smallest absolute Gasteiger partial charge is 0.418 e. The molecule has 0 aromatic heterocycles. The van der Waals surface area contributed by atoms with Crippen LogP contribution < -0.4 is 0 Å². The van der Waals surface area contributed by atoms with Gasteiger partial charge in [-0.25, -0.2) is 4.79 Å². The van der Waals surface area contributed by atoms with Gasteiger partial charge in [0.25, 0.3) is 0 Å². The number of halogens is 5. The molecule has 0 amide bonds. The van der Waals surface area contributed by atoms with Crippen LogP contribution in [-0.4, -0.2) is 13.1 Å². The van der Waals surface area contributed by atoms with Gasteiger partial charge in [0.05, 0.1) is 23.3 Å². The number of benzene rings is 1. The molecule has 1 aromatic rings. The summed E-state index contributed by atoms with van der Waals surface area (Å²) in [5.41, 5.74) is -1.81.